The van der Waals surface area contributed by atoms with Gasteiger partial charge < -0.3 is 9.73 Å². The number of rotatable bonds is 5. The Labute approximate surface area is 157 Å². The fourth-order valence-corrected chi connectivity index (χ4v) is 4.85. The predicted octanol–water partition coefficient (Wildman–Crippen LogP) is 3.40. The number of halogens is 1. The van der Waals surface area contributed by atoms with Crippen LogP contribution in [0.1, 0.15) is 21.0 Å². The van der Waals surface area contributed by atoms with Crippen molar-refractivity contribution >= 4 is 54.2 Å². The first kappa shape index (κ1) is 18.1. The first-order valence-electron chi connectivity index (χ1n) is 7.31. The van der Waals surface area contributed by atoms with Gasteiger partial charge in [0.15, 0.2) is 5.76 Å². The molecule has 0 aliphatic rings. The van der Waals surface area contributed by atoms with E-state index in [1.807, 2.05) is 19.1 Å². The highest BCUT2D eigenvalue weighted by atomic mass is 79.9. The first-order valence-corrected chi connectivity index (χ1v) is 10.4. The second-order valence-electron chi connectivity index (χ2n) is 5.31. The van der Waals surface area contributed by atoms with Crippen molar-refractivity contribution in [2.24, 2.45) is 0 Å². The summed E-state index contributed by atoms with van der Waals surface area (Å²) < 4.78 is 32.5. The zero-order valence-corrected chi connectivity index (χ0v) is 16.6. The molecule has 0 bridgehead atoms. The quantitative estimate of drug-likeness (QED) is 0.633. The van der Waals surface area contributed by atoms with Gasteiger partial charge >= 0.3 is 0 Å². The Kier molecular flexibility index (Phi) is 5.01. The molecule has 9 heteroatoms. The average Bonchev–Trinajstić information content (AvgIpc) is 3.19. The monoisotopic (exact) mass is 442 g/mol. The minimum Gasteiger partial charge on any atom is -0.451 e. The van der Waals surface area contributed by atoms with Crippen molar-refractivity contribution in [1.82, 2.24) is 10.0 Å². The van der Waals surface area contributed by atoms with Gasteiger partial charge in [-0.25, -0.2) is 13.1 Å². The maximum absolute atomic E-state index is 12.4. The van der Waals surface area contributed by atoms with Crippen LogP contribution in [0, 0.1) is 6.92 Å². The number of hydrogen-bond acceptors (Lipinski definition) is 5. The molecule has 6 nitrogen and oxygen atoms in total. The molecule has 1 amide bonds. The fourth-order valence-electron chi connectivity index (χ4n) is 2.36. The molecule has 3 aromatic rings. The van der Waals surface area contributed by atoms with Crippen LogP contribution in [0.15, 0.2) is 43.4 Å². The summed E-state index contributed by atoms with van der Waals surface area (Å²) in [5, 5.41) is 3.64. The molecule has 2 aromatic heterocycles. The van der Waals surface area contributed by atoms with E-state index in [-0.39, 0.29) is 22.4 Å². The van der Waals surface area contributed by atoms with E-state index in [0.29, 0.717) is 5.58 Å². The largest absolute Gasteiger partial charge is 0.451 e. The number of hydrogen-bond donors (Lipinski definition) is 2. The molecule has 0 fully saturated rings. The molecular formula is C16H15BrN2O4S2. The number of carbonyl (C=O) groups is 1. The third kappa shape index (κ3) is 3.64. The summed E-state index contributed by atoms with van der Waals surface area (Å²) >= 11 is 4.51. The van der Waals surface area contributed by atoms with Crippen LogP contribution in [0.3, 0.4) is 0 Å². The Morgan fingerprint density at radius 3 is 2.76 bits per heavy atom. The summed E-state index contributed by atoms with van der Waals surface area (Å²) in [6.07, 6.45) is 0. The van der Waals surface area contributed by atoms with Crippen LogP contribution >= 0.6 is 27.3 Å². The number of benzene rings is 1. The van der Waals surface area contributed by atoms with E-state index in [9.17, 15) is 13.2 Å². The topological polar surface area (TPSA) is 88.4 Å². The summed E-state index contributed by atoms with van der Waals surface area (Å²) in [4.78, 5) is 13.1. The number of nitrogens with one attached hydrogen (secondary N) is 2. The van der Waals surface area contributed by atoms with Crippen molar-refractivity contribution in [2.75, 3.05) is 7.05 Å². The number of sulfonamides is 1. The van der Waals surface area contributed by atoms with Gasteiger partial charge in [-0.3, -0.25) is 4.79 Å². The number of amides is 1. The van der Waals surface area contributed by atoms with Crippen molar-refractivity contribution in [3.8, 4) is 0 Å². The Balaban J connectivity index is 1.76. The Morgan fingerprint density at radius 2 is 2.04 bits per heavy atom. The molecule has 0 aliphatic carbocycles. The summed E-state index contributed by atoms with van der Waals surface area (Å²) in [5.74, 6) is -0.0797. The highest BCUT2D eigenvalue weighted by molar-refractivity contribution is 9.10. The van der Waals surface area contributed by atoms with Gasteiger partial charge in [0, 0.05) is 20.3 Å². The number of thiophene rings is 1. The number of fused-ring (bicyclic) bond motifs is 1. The van der Waals surface area contributed by atoms with E-state index < -0.39 is 10.0 Å². The van der Waals surface area contributed by atoms with Crippen LogP contribution in [0.25, 0.3) is 11.0 Å². The van der Waals surface area contributed by atoms with Crippen LogP contribution in [0.5, 0.6) is 0 Å². The van der Waals surface area contributed by atoms with Crippen molar-refractivity contribution in [1.29, 1.82) is 0 Å². The van der Waals surface area contributed by atoms with Crippen LogP contribution in [0.2, 0.25) is 0 Å². The lowest BCUT2D eigenvalue weighted by Gasteiger charge is -2.02. The molecule has 2 heterocycles. The van der Waals surface area contributed by atoms with E-state index in [2.05, 4.69) is 26.0 Å². The van der Waals surface area contributed by atoms with Crippen LogP contribution < -0.4 is 10.0 Å². The van der Waals surface area contributed by atoms with Gasteiger partial charge in [-0.15, -0.1) is 11.3 Å². The molecule has 0 saturated heterocycles. The predicted molar refractivity (Wildman–Crippen MR) is 100 cm³/mol. The summed E-state index contributed by atoms with van der Waals surface area (Å²) in [6.45, 7) is 2.05. The fraction of sp³-hybridized carbons (Fsp3) is 0.188. The Hall–Kier alpha value is -1.68. The molecular weight excluding hydrogens is 428 g/mol. The van der Waals surface area contributed by atoms with Gasteiger partial charge in [0.1, 0.15) is 9.79 Å². The third-order valence-corrected chi connectivity index (χ3v) is 7.18. The van der Waals surface area contributed by atoms with E-state index in [4.69, 9.17) is 4.42 Å². The summed E-state index contributed by atoms with van der Waals surface area (Å²) in [5.41, 5.74) is 1.41. The van der Waals surface area contributed by atoms with Gasteiger partial charge in [-0.05, 0) is 44.3 Å². The Bertz CT molecular complexity index is 1050. The lowest BCUT2D eigenvalue weighted by atomic mass is 10.1. The van der Waals surface area contributed by atoms with Gasteiger partial charge in [-0.2, -0.15) is 0 Å². The molecule has 0 atom stereocenters. The molecule has 0 saturated carbocycles. The lowest BCUT2D eigenvalue weighted by molar-refractivity contribution is 0.0925. The van der Waals surface area contributed by atoms with Crippen molar-refractivity contribution < 1.29 is 17.6 Å². The van der Waals surface area contributed by atoms with Gasteiger partial charge in [0.2, 0.25) is 10.0 Å². The van der Waals surface area contributed by atoms with Gasteiger partial charge in [0.05, 0.1) is 6.54 Å². The second kappa shape index (κ2) is 6.91. The minimum absolute atomic E-state index is 0.212. The molecule has 0 unspecified atom stereocenters. The van der Waals surface area contributed by atoms with Crippen LogP contribution in [-0.2, 0) is 16.6 Å². The zero-order valence-electron chi connectivity index (χ0n) is 13.4. The van der Waals surface area contributed by atoms with E-state index in [1.165, 1.54) is 13.1 Å². The molecule has 2 N–H and O–H groups in total. The molecule has 0 spiro atoms. The molecule has 0 aliphatic heterocycles. The van der Waals surface area contributed by atoms with E-state index in [0.717, 1.165) is 31.6 Å². The van der Waals surface area contributed by atoms with Crippen LogP contribution in [0.4, 0.5) is 0 Å². The van der Waals surface area contributed by atoms with Gasteiger partial charge in [0.25, 0.3) is 5.91 Å². The average molecular weight is 443 g/mol. The normalized spacial score (nSPS) is 11.8. The maximum atomic E-state index is 12.4. The molecule has 25 heavy (non-hydrogen) atoms. The first-order chi connectivity index (χ1) is 11.8. The second-order valence-corrected chi connectivity index (χ2v) is 9.51. The smallest absolute Gasteiger partial charge is 0.287 e. The van der Waals surface area contributed by atoms with E-state index >= 15 is 0 Å². The highest BCUT2D eigenvalue weighted by Crippen LogP contribution is 2.28. The SMILES string of the molecule is CNS(=O)(=O)c1ccc(CNC(=O)c2oc3ccc(Br)cc3c2C)s1. The number of carbonyl (C=O) groups excluding carboxylic acids is 1. The third-order valence-electron chi connectivity index (χ3n) is 3.70. The molecule has 0 radical (unpaired) electrons. The molecule has 1 aromatic carbocycles. The zero-order chi connectivity index (χ0) is 18.2. The van der Waals surface area contributed by atoms with Crippen molar-refractivity contribution in [3.05, 3.63) is 51.0 Å². The minimum atomic E-state index is -3.46. The maximum Gasteiger partial charge on any atom is 0.287 e. The number of aryl methyl sites for hydroxylation is 1. The summed E-state index contributed by atoms with van der Waals surface area (Å²) in [7, 11) is -2.10. The standard InChI is InChI=1S/C16H15BrN2O4S2/c1-9-12-7-10(17)3-5-13(12)23-15(9)16(20)19-8-11-4-6-14(24-11)25(21,22)18-2/h3-7,18H,8H2,1-2H3,(H,19,20). The highest BCUT2D eigenvalue weighted by Gasteiger charge is 2.19. The summed E-state index contributed by atoms with van der Waals surface area (Å²) in [6, 6.07) is 8.75. The molecule has 3 rings (SSSR count). The Morgan fingerprint density at radius 1 is 1.28 bits per heavy atom. The molecule has 132 valence electrons. The number of furan rings is 1. The van der Waals surface area contributed by atoms with E-state index in [1.54, 1.807) is 12.1 Å². The van der Waals surface area contributed by atoms with Crippen molar-refractivity contribution in [2.45, 2.75) is 17.7 Å². The van der Waals surface area contributed by atoms with Crippen LogP contribution in [-0.4, -0.2) is 21.4 Å². The van der Waals surface area contributed by atoms with Crippen molar-refractivity contribution in [3.63, 3.8) is 0 Å². The van der Waals surface area contributed by atoms with Gasteiger partial charge in [-0.1, -0.05) is 15.9 Å². The lowest BCUT2D eigenvalue weighted by Crippen LogP contribution is -2.22.